The van der Waals surface area contributed by atoms with Gasteiger partial charge in [-0.3, -0.25) is 15.0 Å². The number of Topliss-reactive ketones (excluding diaryl/α,β-unsaturated/α-hetero) is 1. The number of nitrogens with zero attached hydrogens (tertiary/aromatic N) is 7. The molecule has 0 saturated heterocycles. The molecular formula is C30H42N8O6. The van der Waals surface area contributed by atoms with Crippen molar-refractivity contribution in [2.45, 2.75) is 90.3 Å². The molecule has 2 aliphatic rings. The first-order valence-electron chi connectivity index (χ1n) is 14.9. The Morgan fingerprint density at radius 2 is 1.77 bits per heavy atom. The van der Waals surface area contributed by atoms with E-state index in [1.54, 1.807) is 27.1 Å². The average Bonchev–Trinajstić information content (AvgIpc) is 3.89. The monoisotopic (exact) mass is 610 g/mol. The third-order valence-corrected chi connectivity index (χ3v) is 7.57. The highest BCUT2D eigenvalue weighted by atomic mass is 16.7. The largest absolute Gasteiger partial charge is 0.442 e. The van der Waals surface area contributed by atoms with Crippen molar-refractivity contribution in [2.75, 3.05) is 21.3 Å². The molecular weight excluding hydrogens is 568 g/mol. The summed E-state index contributed by atoms with van der Waals surface area (Å²) < 4.78 is 19.5. The Morgan fingerprint density at radius 1 is 1.14 bits per heavy atom. The summed E-state index contributed by atoms with van der Waals surface area (Å²) in [6.45, 7) is 7.76. The number of pyridine rings is 1. The fraction of sp³-hybridized carbons (Fsp3) is 0.600. The van der Waals surface area contributed by atoms with Crippen LogP contribution in [0, 0.1) is 0 Å². The summed E-state index contributed by atoms with van der Waals surface area (Å²) in [5.74, 6) is -0.0872. The first kappa shape index (κ1) is 31.4. The number of hydrogen-bond acceptors (Lipinski definition) is 9. The lowest BCUT2D eigenvalue weighted by atomic mass is 10.2. The molecule has 2 saturated carbocycles. The summed E-state index contributed by atoms with van der Waals surface area (Å²) in [5, 5.41) is 1.89. The number of aliphatic imine (C=N–C) groups is 1. The van der Waals surface area contributed by atoms with E-state index in [-0.39, 0.29) is 24.0 Å². The fourth-order valence-electron chi connectivity index (χ4n) is 5.35. The lowest BCUT2D eigenvalue weighted by Gasteiger charge is -2.26. The van der Waals surface area contributed by atoms with Crippen LogP contribution in [0.15, 0.2) is 17.4 Å². The number of carbonyl (C=O) groups is 3. The van der Waals surface area contributed by atoms with E-state index in [1.165, 1.54) is 21.3 Å². The van der Waals surface area contributed by atoms with E-state index in [0.717, 1.165) is 41.6 Å². The molecule has 3 heterocycles. The van der Waals surface area contributed by atoms with E-state index in [9.17, 15) is 14.4 Å². The standard InChI is InChI=1S/C30H42N8O6/c1-9-37-20(27(40)38(17-10-11-17)18-12-13-18)14-19-24-23(31-16-35(24)5)25(33-26(19)37)32-22(15-21(39)28(42-7)43-8)34-36(6)29(41)44-30(2,3)4/h14,16-18,28H,9-13,15H2,1-8H3,(H,32,33,34). The van der Waals surface area contributed by atoms with E-state index < -0.39 is 23.8 Å². The Labute approximate surface area is 256 Å². The topological polar surface area (TPSA) is 145 Å². The average molecular weight is 611 g/mol. The van der Waals surface area contributed by atoms with Gasteiger partial charge in [0.05, 0.1) is 18.3 Å². The smallest absolute Gasteiger partial charge is 0.428 e. The number of amides is 2. The second-order valence-corrected chi connectivity index (χ2v) is 12.3. The highest BCUT2D eigenvalue weighted by molar-refractivity contribution is 6.11. The van der Waals surface area contributed by atoms with Crippen molar-refractivity contribution < 1.29 is 28.6 Å². The van der Waals surface area contributed by atoms with E-state index in [4.69, 9.17) is 24.2 Å². The Balaban J connectivity index is 1.61. The summed E-state index contributed by atoms with van der Waals surface area (Å²) >= 11 is 0. The van der Waals surface area contributed by atoms with Crippen LogP contribution >= 0.6 is 0 Å². The van der Waals surface area contributed by atoms with Crippen LogP contribution in [0.4, 0.5) is 10.6 Å². The van der Waals surface area contributed by atoms with E-state index >= 15 is 0 Å². The number of aromatic nitrogens is 4. The number of nitrogens with one attached hydrogen (secondary N) is 1. The van der Waals surface area contributed by atoms with Crippen LogP contribution < -0.4 is 5.43 Å². The number of fused-ring (bicyclic) bond motifs is 3. The molecule has 0 unspecified atom stereocenters. The molecule has 14 nitrogen and oxygen atoms in total. The van der Waals surface area contributed by atoms with Gasteiger partial charge in [0.25, 0.3) is 5.91 Å². The molecule has 3 aromatic rings. The van der Waals surface area contributed by atoms with Crippen molar-refractivity contribution in [3.8, 4) is 0 Å². The lowest BCUT2D eigenvalue weighted by Crippen LogP contribution is -2.46. The minimum Gasteiger partial charge on any atom is -0.442 e. The SMILES string of the molecule is CCn1c(C(=O)N(C2CC2)C2CC2)cc2c3c(ncn3C)c(N=C(CC(=O)C(OC)OC)NN(C)C(=O)OC(C)(C)C)nc21. The predicted molar refractivity (Wildman–Crippen MR) is 164 cm³/mol. The first-order valence-corrected chi connectivity index (χ1v) is 14.9. The Hall–Kier alpha value is -4.04. The van der Waals surface area contributed by atoms with Crippen molar-refractivity contribution in [1.29, 1.82) is 0 Å². The quantitative estimate of drug-likeness (QED) is 0.157. The van der Waals surface area contributed by atoms with Crippen molar-refractivity contribution in [1.82, 2.24) is 34.4 Å². The summed E-state index contributed by atoms with van der Waals surface area (Å²) in [7, 11) is 6.06. The van der Waals surface area contributed by atoms with Crippen LogP contribution in [0.1, 0.15) is 70.3 Å². The van der Waals surface area contributed by atoms with Gasteiger partial charge in [0.1, 0.15) is 28.3 Å². The van der Waals surface area contributed by atoms with Crippen molar-refractivity contribution in [3.63, 3.8) is 0 Å². The summed E-state index contributed by atoms with van der Waals surface area (Å²) in [5.41, 5.74) is 4.53. The van der Waals surface area contributed by atoms with Gasteiger partial charge >= 0.3 is 6.09 Å². The van der Waals surface area contributed by atoms with Gasteiger partial charge in [-0.25, -0.2) is 24.8 Å². The van der Waals surface area contributed by atoms with Gasteiger partial charge in [0, 0.05) is 52.3 Å². The van der Waals surface area contributed by atoms with Gasteiger partial charge < -0.3 is 28.2 Å². The summed E-state index contributed by atoms with van der Waals surface area (Å²) in [6, 6.07) is 2.52. The lowest BCUT2D eigenvalue weighted by molar-refractivity contribution is -0.155. The highest BCUT2D eigenvalue weighted by Gasteiger charge is 2.43. The van der Waals surface area contributed by atoms with Crippen LogP contribution in [0.3, 0.4) is 0 Å². The normalized spacial score (nSPS) is 15.7. The molecule has 5 rings (SSSR count). The molecule has 3 aromatic heterocycles. The number of methoxy groups -OCH3 is 2. The van der Waals surface area contributed by atoms with E-state index in [1.807, 2.05) is 29.2 Å². The Kier molecular flexibility index (Phi) is 8.67. The minimum absolute atomic E-state index is 0.0207. The Bertz CT molecular complexity index is 1590. The maximum absolute atomic E-state index is 13.9. The van der Waals surface area contributed by atoms with Crippen molar-refractivity contribution in [3.05, 3.63) is 18.1 Å². The molecule has 1 N–H and O–H groups in total. The van der Waals surface area contributed by atoms with Crippen LogP contribution in [0.5, 0.6) is 0 Å². The maximum Gasteiger partial charge on any atom is 0.428 e. The number of hydrogen-bond donors (Lipinski definition) is 1. The second-order valence-electron chi connectivity index (χ2n) is 12.3. The van der Waals surface area contributed by atoms with Crippen LogP contribution in [0.25, 0.3) is 22.1 Å². The minimum atomic E-state index is -1.13. The summed E-state index contributed by atoms with van der Waals surface area (Å²) in [4.78, 5) is 56.0. The van der Waals surface area contributed by atoms with Gasteiger partial charge in [-0.05, 0) is 59.4 Å². The zero-order valence-electron chi connectivity index (χ0n) is 26.7. The van der Waals surface area contributed by atoms with Gasteiger partial charge in [-0.2, -0.15) is 0 Å². The van der Waals surface area contributed by atoms with Crippen molar-refractivity contribution >= 4 is 51.5 Å². The second kappa shape index (κ2) is 12.2. The third-order valence-electron chi connectivity index (χ3n) is 7.57. The molecule has 14 heteroatoms. The number of imidazole rings is 1. The molecule has 0 aromatic carbocycles. The molecule has 2 aliphatic carbocycles. The summed E-state index contributed by atoms with van der Waals surface area (Å²) in [6.07, 6.45) is 3.74. The molecule has 0 atom stereocenters. The number of hydrazine groups is 1. The highest BCUT2D eigenvalue weighted by Crippen LogP contribution is 2.39. The van der Waals surface area contributed by atoms with Gasteiger partial charge in [-0.1, -0.05) is 0 Å². The molecule has 0 bridgehead atoms. The predicted octanol–water partition coefficient (Wildman–Crippen LogP) is 3.69. The number of carbonyl (C=O) groups excluding carboxylic acids is 3. The van der Waals surface area contributed by atoms with Gasteiger partial charge in [-0.15, -0.1) is 0 Å². The number of rotatable bonds is 10. The first-order chi connectivity index (χ1) is 20.9. The van der Waals surface area contributed by atoms with Gasteiger partial charge in [0.2, 0.25) is 6.29 Å². The third kappa shape index (κ3) is 6.41. The van der Waals surface area contributed by atoms with Crippen LogP contribution in [-0.4, -0.2) is 97.9 Å². The molecule has 44 heavy (non-hydrogen) atoms. The zero-order valence-corrected chi connectivity index (χ0v) is 26.7. The number of aryl methyl sites for hydroxylation is 2. The maximum atomic E-state index is 13.9. The van der Waals surface area contributed by atoms with E-state index in [2.05, 4.69) is 15.3 Å². The number of ketones is 1. The number of amidine groups is 1. The zero-order chi connectivity index (χ0) is 31.9. The molecule has 2 amide bonds. The molecule has 2 fully saturated rings. The van der Waals surface area contributed by atoms with Crippen LogP contribution in [-0.2, 0) is 32.6 Å². The molecule has 0 spiro atoms. The number of ether oxygens (including phenoxy) is 3. The van der Waals surface area contributed by atoms with E-state index in [0.29, 0.717) is 35.5 Å². The molecule has 0 aliphatic heterocycles. The fourth-order valence-corrected chi connectivity index (χ4v) is 5.35. The van der Waals surface area contributed by atoms with Crippen LogP contribution in [0.2, 0.25) is 0 Å². The Morgan fingerprint density at radius 3 is 2.32 bits per heavy atom. The van der Waals surface area contributed by atoms with Crippen molar-refractivity contribution in [2.24, 2.45) is 12.0 Å². The molecule has 238 valence electrons. The molecule has 0 radical (unpaired) electrons. The van der Waals surface area contributed by atoms with Gasteiger partial charge in [0.15, 0.2) is 11.6 Å².